The second kappa shape index (κ2) is 9.89. The maximum absolute atomic E-state index is 12.9. The van der Waals surface area contributed by atoms with Crippen LogP contribution in [0.25, 0.3) is 0 Å². The highest BCUT2D eigenvalue weighted by molar-refractivity contribution is 9.10. The van der Waals surface area contributed by atoms with Crippen LogP contribution in [0.3, 0.4) is 0 Å². The van der Waals surface area contributed by atoms with Crippen LogP contribution in [0.2, 0.25) is 0 Å². The first-order chi connectivity index (χ1) is 13.7. The highest BCUT2D eigenvalue weighted by atomic mass is 79.9. The van der Waals surface area contributed by atoms with E-state index in [4.69, 9.17) is 4.74 Å². The number of hydrogen-bond acceptors (Lipinski definition) is 5. The van der Waals surface area contributed by atoms with Crippen molar-refractivity contribution in [3.63, 3.8) is 0 Å². The summed E-state index contributed by atoms with van der Waals surface area (Å²) in [4.78, 5) is 26.0. The average molecular weight is 483 g/mol. The zero-order valence-electron chi connectivity index (χ0n) is 16.4. The van der Waals surface area contributed by atoms with Gasteiger partial charge in [0.15, 0.2) is 0 Å². The second-order valence-electron chi connectivity index (χ2n) is 6.41. The summed E-state index contributed by atoms with van der Waals surface area (Å²) in [7, 11) is -2.57. The van der Waals surface area contributed by atoms with E-state index in [9.17, 15) is 18.0 Å². The Labute approximate surface area is 179 Å². The van der Waals surface area contributed by atoms with Crippen LogP contribution in [0.1, 0.15) is 24.2 Å². The smallest absolute Gasteiger partial charge is 0.310 e. The summed E-state index contributed by atoms with van der Waals surface area (Å²) in [5.41, 5.74) is 0.634. The average Bonchev–Trinajstić information content (AvgIpc) is 2.72. The number of benzene rings is 2. The predicted molar refractivity (Wildman–Crippen MR) is 114 cm³/mol. The molecule has 7 nitrogen and oxygen atoms in total. The maximum Gasteiger partial charge on any atom is 0.310 e. The van der Waals surface area contributed by atoms with E-state index in [1.165, 1.54) is 30.2 Å². The van der Waals surface area contributed by atoms with Gasteiger partial charge in [0, 0.05) is 28.8 Å². The van der Waals surface area contributed by atoms with Gasteiger partial charge < -0.3 is 9.64 Å². The molecule has 1 amide bonds. The van der Waals surface area contributed by atoms with Gasteiger partial charge in [0.05, 0.1) is 17.9 Å². The van der Waals surface area contributed by atoms with Crippen molar-refractivity contribution < 1.29 is 22.7 Å². The second-order valence-corrected chi connectivity index (χ2v) is 9.01. The Morgan fingerprint density at radius 1 is 1.17 bits per heavy atom. The van der Waals surface area contributed by atoms with Gasteiger partial charge in [-0.25, -0.2) is 8.42 Å². The number of nitrogens with zero attached hydrogens (tertiary/aromatic N) is 1. The normalized spacial score (nSPS) is 12.1. The molecule has 0 aliphatic rings. The van der Waals surface area contributed by atoms with E-state index < -0.39 is 21.9 Å². The third-order valence-corrected chi connectivity index (χ3v) is 6.16. The molecule has 0 aromatic heterocycles. The van der Waals surface area contributed by atoms with Gasteiger partial charge in [-0.3, -0.25) is 14.3 Å². The highest BCUT2D eigenvalue weighted by Gasteiger charge is 2.23. The van der Waals surface area contributed by atoms with Gasteiger partial charge in [-0.1, -0.05) is 28.9 Å². The highest BCUT2D eigenvalue weighted by Crippen LogP contribution is 2.20. The zero-order valence-corrected chi connectivity index (χ0v) is 18.8. The molecule has 0 fully saturated rings. The molecule has 1 N–H and O–H groups in total. The summed E-state index contributed by atoms with van der Waals surface area (Å²) in [6.07, 6.45) is 0. The van der Waals surface area contributed by atoms with Crippen LogP contribution in [0.5, 0.6) is 0 Å². The zero-order chi connectivity index (χ0) is 21.6. The monoisotopic (exact) mass is 482 g/mol. The van der Waals surface area contributed by atoms with Gasteiger partial charge in [0.2, 0.25) is 0 Å². The standard InChI is InChI=1S/C20H23BrN2O5S/c1-4-23(13-14(2)20(25)28-3)19(24)15-6-5-7-18(12-15)29(26,27)22-17-10-8-16(21)9-11-17/h5-12,14,22H,4,13H2,1-3H3. The lowest BCUT2D eigenvalue weighted by atomic mass is 10.1. The molecule has 2 aromatic rings. The topological polar surface area (TPSA) is 92.8 Å². The van der Waals surface area contributed by atoms with Crippen molar-refractivity contribution in [2.45, 2.75) is 18.7 Å². The first-order valence-electron chi connectivity index (χ1n) is 8.93. The Hall–Kier alpha value is -2.39. The summed E-state index contributed by atoms with van der Waals surface area (Å²) >= 11 is 3.30. The van der Waals surface area contributed by atoms with Gasteiger partial charge >= 0.3 is 5.97 Å². The molecule has 0 saturated carbocycles. The Morgan fingerprint density at radius 3 is 2.41 bits per heavy atom. The van der Waals surface area contributed by atoms with Crippen molar-refractivity contribution in [2.24, 2.45) is 5.92 Å². The number of amides is 1. The minimum atomic E-state index is -3.87. The third-order valence-electron chi connectivity index (χ3n) is 4.25. The van der Waals surface area contributed by atoms with Crippen LogP contribution in [0.15, 0.2) is 57.9 Å². The van der Waals surface area contributed by atoms with E-state index >= 15 is 0 Å². The van der Waals surface area contributed by atoms with Crippen LogP contribution < -0.4 is 4.72 Å². The van der Waals surface area contributed by atoms with E-state index in [0.717, 1.165) is 4.47 Å². The van der Waals surface area contributed by atoms with Crippen LogP contribution in [0, 0.1) is 5.92 Å². The Morgan fingerprint density at radius 2 is 1.83 bits per heavy atom. The number of rotatable bonds is 8. The number of esters is 1. The summed E-state index contributed by atoms with van der Waals surface area (Å²) in [5.74, 6) is -1.26. The number of ether oxygens (including phenoxy) is 1. The number of carbonyl (C=O) groups is 2. The van der Waals surface area contributed by atoms with Crippen molar-refractivity contribution in [3.8, 4) is 0 Å². The Balaban J connectivity index is 2.23. The van der Waals surface area contributed by atoms with Gasteiger partial charge in [-0.2, -0.15) is 0 Å². The number of anilines is 1. The van der Waals surface area contributed by atoms with Crippen LogP contribution in [-0.2, 0) is 19.6 Å². The van der Waals surface area contributed by atoms with E-state index in [0.29, 0.717) is 12.2 Å². The number of hydrogen-bond donors (Lipinski definition) is 1. The molecule has 156 valence electrons. The lowest BCUT2D eigenvalue weighted by Gasteiger charge is -2.23. The lowest BCUT2D eigenvalue weighted by molar-refractivity contribution is -0.145. The molecule has 1 unspecified atom stereocenters. The van der Waals surface area contributed by atoms with E-state index in [-0.39, 0.29) is 22.9 Å². The van der Waals surface area contributed by atoms with Crippen LogP contribution in [-0.4, -0.2) is 45.4 Å². The molecule has 2 rings (SSSR count). The predicted octanol–water partition coefficient (Wildman–Crippen LogP) is 3.52. The van der Waals surface area contributed by atoms with E-state index in [1.807, 2.05) is 0 Å². The Bertz CT molecular complexity index is 977. The minimum absolute atomic E-state index is 0.0247. The van der Waals surface area contributed by atoms with Crippen LogP contribution in [0.4, 0.5) is 5.69 Å². The number of carbonyl (C=O) groups excluding carboxylic acids is 2. The summed E-state index contributed by atoms with van der Waals surface area (Å²) < 4.78 is 33.4. The minimum Gasteiger partial charge on any atom is -0.469 e. The van der Waals surface area contributed by atoms with Gasteiger partial charge in [-0.15, -0.1) is 0 Å². The number of halogens is 1. The molecule has 0 saturated heterocycles. The molecule has 29 heavy (non-hydrogen) atoms. The number of sulfonamides is 1. The van der Waals surface area contributed by atoms with Gasteiger partial charge in [-0.05, 0) is 49.4 Å². The maximum atomic E-state index is 12.9. The van der Waals surface area contributed by atoms with E-state index in [2.05, 4.69) is 20.7 Å². The molecule has 0 spiro atoms. The first-order valence-corrected chi connectivity index (χ1v) is 11.2. The van der Waals surface area contributed by atoms with Crippen molar-refractivity contribution in [3.05, 3.63) is 58.6 Å². The fourth-order valence-electron chi connectivity index (χ4n) is 2.67. The number of nitrogens with one attached hydrogen (secondary N) is 1. The summed E-state index contributed by atoms with van der Waals surface area (Å²) in [5, 5.41) is 0. The lowest BCUT2D eigenvalue weighted by Crippen LogP contribution is -2.37. The fraction of sp³-hybridized carbons (Fsp3) is 0.300. The van der Waals surface area contributed by atoms with Crippen molar-refractivity contribution in [1.29, 1.82) is 0 Å². The van der Waals surface area contributed by atoms with Crippen molar-refractivity contribution >= 4 is 43.5 Å². The molecular weight excluding hydrogens is 460 g/mol. The van der Waals surface area contributed by atoms with E-state index in [1.54, 1.807) is 44.2 Å². The largest absolute Gasteiger partial charge is 0.469 e. The van der Waals surface area contributed by atoms with Crippen LogP contribution >= 0.6 is 15.9 Å². The molecular formula is C20H23BrN2O5S. The molecule has 0 bridgehead atoms. The summed E-state index contributed by atoms with van der Waals surface area (Å²) in [6, 6.07) is 12.5. The number of methoxy groups -OCH3 is 1. The van der Waals surface area contributed by atoms with Gasteiger partial charge in [0.1, 0.15) is 0 Å². The SMILES string of the molecule is CCN(CC(C)C(=O)OC)C(=O)c1cccc(S(=O)(=O)Nc2ccc(Br)cc2)c1. The molecule has 0 heterocycles. The quantitative estimate of drug-likeness (QED) is 0.580. The molecule has 2 aromatic carbocycles. The third kappa shape index (κ3) is 6.04. The molecule has 0 aliphatic carbocycles. The Kier molecular flexibility index (Phi) is 7.80. The van der Waals surface area contributed by atoms with Crippen molar-refractivity contribution in [1.82, 2.24) is 4.90 Å². The van der Waals surface area contributed by atoms with Gasteiger partial charge in [0.25, 0.3) is 15.9 Å². The van der Waals surface area contributed by atoms with Crippen molar-refractivity contribution in [2.75, 3.05) is 24.9 Å². The fourth-order valence-corrected chi connectivity index (χ4v) is 4.04. The molecule has 9 heteroatoms. The summed E-state index contributed by atoms with van der Waals surface area (Å²) in [6.45, 7) is 4.01. The molecule has 0 aliphatic heterocycles. The molecule has 0 radical (unpaired) electrons. The first kappa shape index (κ1) is 22.9. The molecule has 1 atom stereocenters.